The second kappa shape index (κ2) is 7.26. The van der Waals surface area contributed by atoms with Crippen molar-refractivity contribution in [2.24, 2.45) is 0 Å². The van der Waals surface area contributed by atoms with Crippen LogP contribution in [0.15, 0.2) is 0 Å². The molecule has 0 aromatic rings. The first-order chi connectivity index (χ1) is 4.46. The van der Waals surface area contributed by atoms with Crippen LogP contribution in [-0.4, -0.2) is 44.6 Å². The van der Waals surface area contributed by atoms with E-state index < -0.39 is 24.1 Å². The number of aliphatic hydroxyl groups is 2. The van der Waals surface area contributed by atoms with Gasteiger partial charge in [0.25, 0.3) is 0 Å². The number of hydrogen-bond donors (Lipinski definition) is 4. The van der Waals surface area contributed by atoms with E-state index in [2.05, 4.69) is 0 Å². The summed E-state index contributed by atoms with van der Waals surface area (Å²) in [6.07, 6.45) is -4.53. The van der Waals surface area contributed by atoms with Crippen LogP contribution in [0.3, 0.4) is 0 Å². The third kappa shape index (κ3) is 5.28. The summed E-state index contributed by atoms with van der Waals surface area (Å²) < 4.78 is 0. The Morgan fingerprint density at radius 3 is 1.17 bits per heavy atom. The van der Waals surface area contributed by atoms with Crippen LogP contribution in [0.4, 0.5) is 0 Å². The summed E-state index contributed by atoms with van der Waals surface area (Å²) in [5, 5.41) is 32.5. The van der Waals surface area contributed by atoms with Crippen molar-refractivity contribution in [1.82, 2.24) is 0 Å². The van der Waals surface area contributed by atoms with Crippen LogP contribution >= 0.6 is 0 Å². The van der Waals surface area contributed by atoms with E-state index in [0.29, 0.717) is 0 Å². The molecule has 0 unspecified atom stereocenters. The largest absolute Gasteiger partial charge is 1.00 e. The van der Waals surface area contributed by atoms with Gasteiger partial charge in [-0.2, -0.15) is 0 Å². The molecule has 0 aliphatic carbocycles. The summed E-state index contributed by atoms with van der Waals surface area (Å²) in [4.78, 5) is 19.5. The molecule has 0 fully saturated rings. The monoisotopic (exact) mass is 272 g/mol. The first kappa shape index (κ1) is 17.6. The molecule has 0 heterocycles. The van der Waals surface area contributed by atoms with E-state index in [1.54, 1.807) is 0 Å². The zero-order valence-electron chi connectivity index (χ0n) is 6.06. The Labute approximate surface area is 84.3 Å². The van der Waals surface area contributed by atoms with Crippen molar-refractivity contribution < 1.29 is 52.4 Å². The van der Waals surface area contributed by atoms with Gasteiger partial charge in [0.05, 0.1) is 0 Å². The minimum atomic E-state index is -2.27. The van der Waals surface area contributed by atoms with Gasteiger partial charge in [0.1, 0.15) is 0 Å². The fourth-order valence-corrected chi connectivity index (χ4v) is 0.270. The van der Waals surface area contributed by atoms with Crippen molar-refractivity contribution in [2.75, 3.05) is 0 Å². The minimum Gasteiger partial charge on any atom is -0.479 e. The van der Waals surface area contributed by atoms with E-state index in [1.807, 2.05) is 0 Å². The molecule has 0 spiro atoms. The van der Waals surface area contributed by atoms with Gasteiger partial charge in [-0.25, -0.2) is 9.59 Å². The van der Waals surface area contributed by atoms with E-state index in [0.717, 1.165) is 0 Å². The maximum atomic E-state index is 9.77. The number of carbonyl (C=O) groups is 2. The van der Waals surface area contributed by atoms with Gasteiger partial charge in [-0.15, -0.1) is 0 Å². The maximum Gasteiger partial charge on any atom is 1.00 e. The number of carboxylic acids is 2. The normalized spacial score (nSPS) is 13.2. The molecule has 0 aliphatic rings. The summed E-state index contributed by atoms with van der Waals surface area (Å²) in [6, 6.07) is 0. The molecule has 7 heteroatoms. The number of hydrogen-bond acceptors (Lipinski definition) is 4. The molecule has 0 aromatic carbocycles. The molecule has 0 saturated heterocycles. The summed E-state index contributed by atoms with van der Waals surface area (Å²) in [7, 11) is 0. The van der Waals surface area contributed by atoms with E-state index in [9.17, 15) is 9.59 Å². The Morgan fingerprint density at radius 1 is 0.917 bits per heavy atom. The van der Waals surface area contributed by atoms with Gasteiger partial charge in [-0.05, 0) is 0 Å². The molecule has 0 aromatic heterocycles. The molecule has 2 atom stereocenters. The van der Waals surface area contributed by atoms with Gasteiger partial charge in [-0.1, -0.05) is 0 Å². The third-order valence-electron chi connectivity index (χ3n) is 0.805. The van der Waals surface area contributed by atoms with Crippen LogP contribution in [0, 0.1) is 7.43 Å². The second-order valence-electron chi connectivity index (χ2n) is 1.57. The first-order valence-electron chi connectivity index (χ1n) is 2.28. The fraction of sp³-hybridized carbons (Fsp3) is 0.400. The van der Waals surface area contributed by atoms with Gasteiger partial charge in [0, 0.05) is 0 Å². The van der Waals surface area contributed by atoms with Crippen LogP contribution in [0.5, 0.6) is 0 Å². The van der Waals surface area contributed by atoms with Gasteiger partial charge in [0.2, 0.25) is 0 Å². The molecule has 0 radical (unpaired) electrons. The average molecular weight is 273 g/mol. The summed E-state index contributed by atoms with van der Waals surface area (Å²) in [5.41, 5.74) is 0. The van der Waals surface area contributed by atoms with Gasteiger partial charge < -0.3 is 27.9 Å². The van der Waals surface area contributed by atoms with Crippen molar-refractivity contribution in [1.29, 1.82) is 0 Å². The van der Waals surface area contributed by atoms with Crippen molar-refractivity contribution >= 4 is 11.9 Å². The smallest absolute Gasteiger partial charge is 0.479 e. The Morgan fingerprint density at radius 2 is 1.08 bits per heavy atom. The van der Waals surface area contributed by atoms with Gasteiger partial charge >= 0.3 is 34.3 Å². The number of carboxylic acid groups (broad SMARTS) is 2. The SMILES string of the molecule is O=C(O)[C@H](O)[C@@H](O)C(=O)O.[Ag+].[CH3-]. The van der Waals surface area contributed by atoms with Gasteiger partial charge in [0.15, 0.2) is 12.2 Å². The number of rotatable bonds is 3. The van der Waals surface area contributed by atoms with Crippen LogP contribution in [0.25, 0.3) is 0 Å². The topological polar surface area (TPSA) is 115 Å². The molecule has 76 valence electrons. The van der Waals surface area contributed by atoms with Crippen LogP contribution in [-0.2, 0) is 32.0 Å². The maximum absolute atomic E-state index is 9.77. The molecule has 12 heavy (non-hydrogen) atoms. The molecule has 4 N–H and O–H groups in total. The molecular weight excluding hydrogens is 264 g/mol. The summed E-state index contributed by atoms with van der Waals surface area (Å²) in [5.74, 6) is -3.54. The fourth-order valence-electron chi connectivity index (χ4n) is 0.270. The van der Waals surface area contributed by atoms with E-state index in [1.165, 1.54) is 0 Å². The van der Waals surface area contributed by atoms with Crippen LogP contribution in [0.2, 0.25) is 0 Å². The zero-order valence-corrected chi connectivity index (χ0v) is 7.54. The molecule has 0 saturated carbocycles. The Bertz CT molecular complexity index is 140. The van der Waals surface area contributed by atoms with Crippen LogP contribution < -0.4 is 0 Å². The van der Waals surface area contributed by atoms with E-state index in [4.69, 9.17) is 20.4 Å². The summed E-state index contributed by atoms with van der Waals surface area (Å²) in [6.45, 7) is 0. The molecule has 6 nitrogen and oxygen atoms in total. The van der Waals surface area contributed by atoms with Gasteiger partial charge in [-0.3, -0.25) is 0 Å². The average Bonchev–Trinajstić information content (AvgIpc) is 1.84. The molecule has 0 aliphatic heterocycles. The molecule has 0 bridgehead atoms. The third-order valence-corrected chi connectivity index (χ3v) is 0.805. The quantitative estimate of drug-likeness (QED) is 0.361. The zero-order chi connectivity index (χ0) is 8.31. The van der Waals surface area contributed by atoms with E-state index in [-0.39, 0.29) is 29.8 Å². The number of aliphatic hydroxyl groups excluding tert-OH is 2. The first-order valence-corrected chi connectivity index (χ1v) is 2.28. The summed E-state index contributed by atoms with van der Waals surface area (Å²) >= 11 is 0. The Balaban J connectivity index is -0.000000405. The van der Waals surface area contributed by atoms with E-state index >= 15 is 0 Å². The van der Waals surface area contributed by atoms with Crippen molar-refractivity contribution in [3.8, 4) is 0 Å². The van der Waals surface area contributed by atoms with Crippen molar-refractivity contribution in [2.45, 2.75) is 12.2 Å². The van der Waals surface area contributed by atoms with Crippen molar-refractivity contribution in [3.63, 3.8) is 0 Å². The predicted molar refractivity (Wildman–Crippen MR) is 33.7 cm³/mol. The van der Waals surface area contributed by atoms with Crippen LogP contribution in [0.1, 0.15) is 0 Å². The number of aliphatic carboxylic acids is 2. The standard InChI is InChI=1S/C4H6O6.CH3.Ag/c5-1(3(7)8)2(6)4(9)10;;/h1-2,5-6H,(H,7,8)(H,9,10);1H3;/q;-1;+1/t1-,2-;;/m1../s1. The second-order valence-corrected chi connectivity index (χ2v) is 1.57. The molecular formula is C5H9AgO6. The minimum absolute atomic E-state index is 0. The Hall–Kier alpha value is -0.400. The molecule has 0 rings (SSSR count). The molecule has 0 amide bonds. The predicted octanol–water partition coefficient (Wildman–Crippen LogP) is -1.67. The Kier molecular flexibility index (Phi) is 10.7. The van der Waals surface area contributed by atoms with Crippen molar-refractivity contribution in [3.05, 3.63) is 7.43 Å².